The van der Waals surface area contributed by atoms with E-state index in [1.165, 1.54) is 12.1 Å². The maximum atomic E-state index is 11.9. The number of hydrogen-bond acceptors (Lipinski definition) is 3. The molecule has 1 N–H and O–H groups in total. The lowest BCUT2D eigenvalue weighted by Gasteiger charge is -2.23. The molecule has 0 aliphatic heterocycles. The normalized spacial score (nSPS) is 11.3. The third-order valence-electron chi connectivity index (χ3n) is 2.52. The first-order chi connectivity index (χ1) is 9.66. The Morgan fingerprint density at radius 1 is 1.19 bits per heavy atom. The van der Waals surface area contributed by atoms with E-state index < -0.39 is 15.9 Å². The fraction of sp³-hybridized carbons (Fsp3) is 0.417. The monoisotopic (exact) mass is 372 g/mol. The Kier molecular flexibility index (Phi) is 6.59. The van der Waals surface area contributed by atoms with Crippen LogP contribution in [0.25, 0.3) is 0 Å². The maximum Gasteiger partial charge on any atom is 0.240 e. The van der Waals surface area contributed by atoms with Gasteiger partial charge in [0, 0.05) is 6.54 Å². The minimum atomic E-state index is -3.70. The number of halogens is 3. The predicted molar refractivity (Wildman–Crippen MR) is 87.0 cm³/mol. The molecule has 0 spiro atoms. The molecule has 0 aromatic heterocycles. The Hall–Kier alpha value is -0.690. The number of rotatable bonds is 6. The second kappa shape index (κ2) is 7.54. The Morgan fingerprint density at radius 3 is 2.29 bits per heavy atom. The summed E-state index contributed by atoms with van der Waals surface area (Å²) in [5.74, 6) is -0.426. The summed E-state index contributed by atoms with van der Waals surface area (Å²) < 4.78 is 24.7. The van der Waals surface area contributed by atoms with Crippen LogP contribution in [-0.2, 0) is 14.8 Å². The molecule has 0 unspecified atom stereocenters. The van der Waals surface area contributed by atoms with Crippen molar-refractivity contribution in [2.75, 3.05) is 23.7 Å². The Balaban J connectivity index is 3.16. The molecule has 0 saturated heterocycles. The zero-order valence-corrected chi connectivity index (χ0v) is 14.6. The smallest absolute Gasteiger partial charge is 0.240 e. The van der Waals surface area contributed by atoms with E-state index in [1.807, 2.05) is 6.92 Å². The summed E-state index contributed by atoms with van der Waals surface area (Å²) in [6.07, 6.45) is 1.73. The van der Waals surface area contributed by atoms with Crippen molar-refractivity contribution in [1.29, 1.82) is 0 Å². The highest BCUT2D eigenvalue weighted by atomic mass is 35.5. The van der Waals surface area contributed by atoms with Gasteiger partial charge in [0.25, 0.3) is 0 Å². The van der Waals surface area contributed by atoms with Crippen LogP contribution < -0.4 is 9.62 Å². The molecular formula is C12H15Cl3N2O3S. The van der Waals surface area contributed by atoms with Gasteiger partial charge >= 0.3 is 0 Å². The standard InChI is InChI=1S/C12H15Cl3N2O3S/c1-3-4-16-12(18)7-17(21(2,19)20)11-6-9(14)8(13)5-10(11)15/h5-6H,3-4,7H2,1-2H3,(H,16,18). The Labute approximate surface area is 139 Å². The van der Waals surface area contributed by atoms with Crippen LogP contribution in [0.5, 0.6) is 0 Å². The fourth-order valence-corrected chi connectivity index (χ4v) is 3.09. The van der Waals surface area contributed by atoms with Crippen molar-refractivity contribution >= 4 is 56.4 Å². The topological polar surface area (TPSA) is 66.5 Å². The molecule has 9 heteroatoms. The molecule has 0 saturated carbocycles. The van der Waals surface area contributed by atoms with E-state index in [2.05, 4.69) is 5.32 Å². The van der Waals surface area contributed by atoms with E-state index >= 15 is 0 Å². The molecule has 118 valence electrons. The van der Waals surface area contributed by atoms with Crippen LogP contribution in [0.4, 0.5) is 5.69 Å². The molecule has 0 aliphatic rings. The molecular weight excluding hydrogens is 359 g/mol. The second-order valence-corrected chi connectivity index (χ2v) is 7.47. The number of anilines is 1. The molecule has 1 aromatic rings. The van der Waals surface area contributed by atoms with E-state index in [4.69, 9.17) is 34.8 Å². The fourth-order valence-electron chi connectivity index (χ4n) is 1.54. The van der Waals surface area contributed by atoms with Crippen molar-refractivity contribution in [2.45, 2.75) is 13.3 Å². The number of sulfonamides is 1. The van der Waals surface area contributed by atoms with Crippen molar-refractivity contribution in [1.82, 2.24) is 5.32 Å². The predicted octanol–water partition coefficient (Wildman–Crippen LogP) is 2.94. The van der Waals surface area contributed by atoms with Gasteiger partial charge in [0.05, 0.1) is 27.0 Å². The molecule has 0 atom stereocenters. The van der Waals surface area contributed by atoms with E-state index in [9.17, 15) is 13.2 Å². The lowest BCUT2D eigenvalue weighted by atomic mass is 10.3. The minimum Gasteiger partial charge on any atom is -0.355 e. The molecule has 21 heavy (non-hydrogen) atoms. The number of carbonyl (C=O) groups is 1. The minimum absolute atomic E-state index is 0.0955. The van der Waals surface area contributed by atoms with Gasteiger partial charge in [-0.15, -0.1) is 0 Å². The van der Waals surface area contributed by atoms with E-state index in [0.717, 1.165) is 17.0 Å². The lowest BCUT2D eigenvalue weighted by molar-refractivity contribution is -0.119. The number of nitrogens with zero attached hydrogens (tertiary/aromatic N) is 1. The third kappa shape index (κ3) is 5.21. The van der Waals surface area contributed by atoms with Crippen LogP contribution >= 0.6 is 34.8 Å². The summed E-state index contributed by atoms with van der Waals surface area (Å²) in [7, 11) is -3.70. The van der Waals surface area contributed by atoms with Gasteiger partial charge in [-0.3, -0.25) is 9.10 Å². The van der Waals surface area contributed by atoms with Gasteiger partial charge in [-0.2, -0.15) is 0 Å². The van der Waals surface area contributed by atoms with Crippen molar-refractivity contribution in [3.8, 4) is 0 Å². The van der Waals surface area contributed by atoms with Gasteiger partial charge in [0.1, 0.15) is 6.54 Å². The zero-order valence-electron chi connectivity index (χ0n) is 11.5. The number of benzene rings is 1. The van der Waals surface area contributed by atoms with Crippen LogP contribution in [0.1, 0.15) is 13.3 Å². The van der Waals surface area contributed by atoms with Gasteiger partial charge in [-0.25, -0.2) is 8.42 Å². The summed E-state index contributed by atoms with van der Waals surface area (Å²) >= 11 is 17.7. The zero-order chi connectivity index (χ0) is 16.2. The molecule has 0 fully saturated rings. The average Bonchev–Trinajstić information content (AvgIpc) is 2.37. The van der Waals surface area contributed by atoms with Gasteiger partial charge in [0.15, 0.2) is 0 Å². The van der Waals surface area contributed by atoms with Crippen molar-refractivity contribution in [3.63, 3.8) is 0 Å². The largest absolute Gasteiger partial charge is 0.355 e. The SMILES string of the molecule is CCCNC(=O)CN(c1cc(Cl)c(Cl)cc1Cl)S(C)(=O)=O. The first kappa shape index (κ1) is 18.4. The van der Waals surface area contributed by atoms with E-state index in [-0.39, 0.29) is 27.3 Å². The summed E-state index contributed by atoms with van der Waals surface area (Å²) in [4.78, 5) is 11.8. The van der Waals surface area contributed by atoms with E-state index in [1.54, 1.807) is 0 Å². The molecule has 0 radical (unpaired) electrons. The van der Waals surface area contributed by atoms with Gasteiger partial charge in [-0.05, 0) is 18.6 Å². The van der Waals surface area contributed by atoms with E-state index in [0.29, 0.717) is 6.54 Å². The summed E-state index contributed by atoms with van der Waals surface area (Å²) in [6.45, 7) is 1.98. The number of carbonyl (C=O) groups excluding carboxylic acids is 1. The molecule has 0 bridgehead atoms. The number of hydrogen-bond donors (Lipinski definition) is 1. The molecule has 1 rings (SSSR count). The molecule has 1 amide bonds. The Morgan fingerprint density at radius 2 is 1.76 bits per heavy atom. The quantitative estimate of drug-likeness (QED) is 0.780. The van der Waals surface area contributed by atoms with Crippen molar-refractivity contribution in [3.05, 3.63) is 27.2 Å². The first-order valence-electron chi connectivity index (χ1n) is 6.05. The van der Waals surface area contributed by atoms with Crippen LogP contribution in [0.3, 0.4) is 0 Å². The molecule has 5 nitrogen and oxygen atoms in total. The highest BCUT2D eigenvalue weighted by molar-refractivity contribution is 7.92. The maximum absolute atomic E-state index is 11.9. The van der Waals surface area contributed by atoms with Crippen molar-refractivity contribution in [2.24, 2.45) is 0 Å². The van der Waals surface area contributed by atoms with Crippen LogP contribution in [0, 0.1) is 0 Å². The van der Waals surface area contributed by atoms with Crippen LogP contribution in [-0.4, -0.2) is 33.7 Å². The van der Waals surface area contributed by atoms with Gasteiger partial charge in [0.2, 0.25) is 15.9 Å². The summed E-state index contributed by atoms with van der Waals surface area (Å²) in [6, 6.07) is 2.66. The number of amides is 1. The summed E-state index contributed by atoms with van der Waals surface area (Å²) in [5, 5.41) is 3.05. The van der Waals surface area contributed by atoms with Crippen molar-refractivity contribution < 1.29 is 13.2 Å². The van der Waals surface area contributed by atoms with Gasteiger partial charge < -0.3 is 5.32 Å². The second-order valence-electron chi connectivity index (χ2n) is 4.34. The number of nitrogens with one attached hydrogen (secondary N) is 1. The molecule has 1 aromatic carbocycles. The molecule has 0 heterocycles. The average molecular weight is 374 g/mol. The highest BCUT2D eigenvalue weighted by Gasteiger charge is 2.23. The summed E-state index contributed by atoms with van der Waals surface area (Å²) in [5.41, 5.74) is 0.111. The Bertz CT molecular complexity index is 635. The highest BCUT2D eigenvalue weighted by Crippen LogP contribution is 2.35. The van der Waals surface area contributed by atoms with Crippen LogP contribution in [0.2, 0.25) is 15.1 Å². The lowest BCUT2D eigenvalue weighted by Crippen LogP contribution is -2.40. The third-order valence-corrected chi connectivity index (χ3v) is 4.67. The first-order valence-corrected chi connectivity index (χ1v) is 9.04. The molecule has 0 aliphatic carbocycles. The van der Waals surface area contributed by atoms with Gasteiger partial charge in [-0.1, -0.05) is 41.7 Å². The van der Waals surface area contributed by atoms with Crippen LogP contribution in [0.15, 0.2) is 12.1 Å².